The summed E-state index contributed by atoms with van der Waals surface area (Å²) in [6, 6.07) is 13.1. The summed E-state index contributed by atoms with van der Waals surface area (Å²) in [5.74, 6) is 1.05. The third-order valence-corrected chi connectivity index (χ3v) is 3.36. The van der Waals surface area contributed by atoms with Gasteiger partial charge in [-0.25, -0.2) is 9.38 Å². The zero-order valence-electron chi connectivity index (χ0n) is 14.5. The minimum Gasteiger partial charge on any atom is -0.508 e. The Labute approximate surface area is 147 Å². The number of phenols is 1. The van der Waals surface area contributed by atoms with Crippen LogP contribution in [0.3, 0.4) is 0 Å². The van der Waals surface area contributed by atoms with Crippen LogP contribution in [0.25, 0.3) is 0 Å². The molecule has 1 unspecified atom stereocenters. The SMILES string of the molecule is CCNC(=NCc1cccc(O)c1)NCC(C)Oc1cccc(F)c1. The number of phenolic OH excluding ortho intramolecular Hbond substituents is 1. The van der Waals surface area contributed by atoms with Crippen molar-refractivity contribution >= 4 is 5.96 Å². The number of hydrogen-bond acceptors (Lipinski definition) is 3. The molecule has 0 aliphatic heterocycles. The van der Waals surface area contributed by atoms with Crippen LogP contribution in [-0.2, 0) is 6.54 Å². The molecule has 0 amide bonds. The monoisotopic (exact) mass is 345 g/mol. The first kappa shape index (κ1) is 18.6. The number of hydrogen-bond donors (Lipinski definition) is 3. The number of guanidine groups is 1. The highest BCUT2D eigenvalue weighted by molar-refractivity contribution is 5.79. The quantitative estimate of drug-likeness (QED) is 0.533. The molecule has 1 atom stereocenters. The minimum atomic E-state index is -0.321. The maximum atomic E-state index is 13.2. The molecule has 25 heavy (non-hydrogen) atoms. The summed E-state index contributed by atoms with van der Waals surface area (Å²) >= 11 is 0. The van der Waals surface area contributed by atoms with Gasteiger partial charge in [0.25, 0.3) is 0 Å². The summed E-state index contributed by atoms with van der Waals surface area (Å²) in [5.41, 5.74) is 0.918. The van der Waals surface area contributed by atoms with Crippen molar-refractivity contribution in [1.29, 1.82) is 0 Å². The Morgan fingerprint density at radius 2 is 2.00 bits per heavy atom. The molecule has 0 saturated heterocycles. The molecular weight excluding hydrogens is 321 g/mol. The van der Waals surface area contributed by atoms with Crippen LogP contribution in [-0.4, -0.2) is 30.3 Å². The summed E-state index contributed by atoms with van der Waals surface area (Å²) in [6.07, 6.45) is -0.161. The molecule has 0 fully saturated rings. The van der Waals surface area contributed by atoms with Crippen LogP contribution in [0.2, 0.25) is 0 Å². The van der Waals surface area contributed by atoms with Gasteiger partial charge < -0.3 is 20.5 Å². The zero-order chi connectivity index (χ0) is 18.1. The van der Waals surface area contributed by atoms with Crippen molar-refractivity contribution < 1.29 is 14.2 Å². The number of ether oxygens (including phenoxy) is 1. The largest absolute Gasteiger partial charge is 0.508 e. The highest BCUT2D eigenvalue weighted by atomic mass is 19.1. The predicted molar refractivity (Wildman–Crippen MR) is 97.4 cm³/mol. The molecule has 0 radical (unpaired) electrons. The lowest BCUT2D eigenvalue weighted by molar-refractivity contribution is 0.223. The Balaban J connectivity index is 1.88. The molecule has 0 aromatic heterocycles. The molecule has 0 heterocycles. The second kappa shape index (κ2) is 9.52. The van der Waals surface area contributed by atoms with E-state index in [1.165, 1.54) is 12.1 Å². The fourth-order valence-corrected chi connectivity index (χ4v) is 2.22. The molecule has 0 spiro atoms. The number of rotatable bonds is 7. The molecule has 0 bridgehead atoms. The topological polar surface area (TPSA) is 65.9 Å². The van der Waals surface area contributed by atoms with E-state index < -0.39 is 0 Å². The van der Waals surface area contributed by atoms with Crippen molar-refractivity contribution in [2.24, 2.45) is 4.99 Å². The lowest BCUT2D eigenvalue weighted by Gasteiger charge is -2.17. The summed E-state index contributed by atoms with van der Waals surface area (Å²) in [7, 11) is 0. The number of aliphatic imine (C=N–C) groups is 1. The maximum absolute atomic E-state index is 13.2. The van der Waals surface area contributed by atoms with Crippen LogP contribution in [0.5, 0.6) is 11.5 Å². The maximum Gasteiger partial charge on any atom is 0.191 e. The highest BCUT2D eigenvalue weighted by Gasteiger charge is 2.06. The normalized spacial score (nSPS) is 12.5. The smallest absolute Gasteiger partial charge is 0.191 e. The van der Waals surface area contributed by atoms with Gasteiger partial charge in [-0.15, -0.1) is 0 Å². The Kier molecular flexibility index (Phi) is 7.07. The van der Waals surface area contributed by atoms with Crippen LogP contribution < -0.4 is 15.4 Å². The summed E-state index contributed by atoms with van der Waals surface area (Å²) in [5, 5.41) is 15.8. The van der Waals surface area contributed by atoms with E-state index in [4.69, 9.17) is 4.74 Å². The Bertz CT molecular complexity index is 707. The molecule has 2 aromatic rings. The van der Waals surface area contributed by atoms with Crippen LogP contribution >= 0.6 is 0 Å². The molecule has 5 nitrogen and oxygen atoms in total. The Morgan fingerprint density at radius 3 is 2.72 bits per heavy atom. The summed E-state index contributed by atoms with van der Waals surface area (Å²) < 4.78 is 18.9. The number of halogens is 1. The molecule has 6 heteroatoms. The Morgan fingerprint density at radius 1 is 1.20 bits per heavy atom. The first-order chi connectivity index (χ1) is 12.1. The van der Waals surface area contributed by atoms with Gasteiger partial charge in [0.15, 0.2) is 5.96 Å². The number of aromatic hydroxyl groups is 1. The van der Waals surface area contributed by atoms with Gasteiger partial charge in [-0.3, -0.25) is 0 Å². The average Bonchev–Trinajstić information content (AvgIpc) is 2.57. The molecule has 134 valence electrons. The third kappa shape index (κ3) is 6.71. The van der Waals surface area contributed by atoms with E-state index in [1.807, 2.05) is 19.9 Å². The molecule has 0 aliphatic rings. The number of nitrogens with zero attached hydrogens (tertiary/aromatic N) is 1. The first-order valence-electron chi connectivity index (χ1n) is 8.29. The van der Waals surface area contributed by atoms with Crippen molar-refractivity contribution in [3.8, 4) is 11.5 Å². The Hall–Kier alpha value is -2.76. The lowest BCUT2D eigenvalue weighted by Crippen LogP contribution is -2.41. The van der Waals surface area contributed by atoms with Gasteiger partial charge >= 0.3 is 0 Å². The van der Waals surface area contributed by atoms with Crippen LogP contribution in [0.15, 0.2) is 53.5 Å². The molecular formula is C19H24FN3O2. The number of nitrogens with one attached hydrogen (secondary N) is 2. The van der Waals surface area contributed by atoms with Gasteiger partial charge in [0, 0.05) is 12.6 Å². The average molecular weight is 345 g/mol. The van der Waals surface area contributed by atoms with Crippen LogP contribution in [0.4, 0.5) is 4.39 Å². The van der Waals surface area contributed by atoms with Gasteiger partial charge in [-0.1, -0.05) is 18.2 Å². The van der Waals surface area contributed by atoms with E-state index in [0.29, 0.717) is 24.8 Å². The fourth-order valence-electron chi connectivity index (χ4n) is 2.22. The van der Waals surface area contributed by atoms with E-state index in [-0.39, 0.29) is 17.7 Å². The van der Waals surface area contributed by atoms with E-state index in [0.717, 1.165) is 12.1 Å². The van der Waals surface area contributed by atoms with Crippen LogP contribution in [0, 0.1) is 5.82 Å². The standard InChI is InChI=1S/C19H24FN3O2/c1-3-21-19(23-13-15-6-4-8-17(24)10-15)22-12-14(2)25-18-9-5-7-16(20)11-18/h4-11,14,24H,3,12-13H2,1-2H3,(H2,21,22,23). The van der Waals surface area contributed by atoms with Crippen molar-refractivity contribution in [2.75, 3.05) is 13.1 Å². The van der Waals surface area contributed by atoms with Crippen molar-refractivity contribution in [2.45, 2.75) is 26.5 Å². The van der Waals surface area contributed by atoms with Gasteiger partial charge in [0.05, 0.1) is 13.1 Å². The number of benzene rings is 2. The van der Waals surface area contributed by atoms with Gasteiger partial charge in [-0.2, -0.15) is 0 Å². The highest BCUT2D eigenvalue weighted by Crippen LogP contribution is 2.13. The van der Waals surface area contributed by atoms with Crippen molar-refractivity contribution in [3.05, 3.63) is 59.9 Å². The molecule has 3 N–H and O–H groups in total. The van der Waals surface area contributed by atoms with Crippen LogP contribution in [0.1, 0.15) is 19.4 Å². The van der Waals surface area contributed by atoms with E-state index in [9.17, 15) is 9.50 Å². The van der Waals surface area contributed by atoms with Gasteiger partial charge in [0.2, 0.25) is 0 Å². The molecule has 0 saturated carbocycles. The summed E-state index contributed by atoms with van der Waals surface area (Å²) in [6.45, 7) is 5.57. The minimum absolute atomic E-state index is 0.161. The third-order valence-electron chi connectivity index (χ3n) is 3.36. The second-order valence-corrected chi connectivity index (χ2v) is 5.63. The van der Waals surface area contributed by atoms with Gasteiger partial charge in [0.1, 0.15) is 23.4 Å². The van der Waals surface area contributed by atoms with E-state index in [1.54, 1.807) is 30.3 Å². The molecule has 2 aromatic carbocycles. The first-order valence-corrected chi connectivity index (χ1v) is 8.29. The van der Waals surface area contributed by atoms with Gasteiger partial charge in [-0.05, 0) is 43.7 Å². The summed E-state index contributed by atoms with van der Waals surface area (Å²) in [4.78, 5) is 4.49. The second-order valence-electron chi connectivity index (χ2n) is 5.63. The molecule has 0 aliphatic carbocycles. The zero-order valence-corrected chi connectivity index (χ0v) is 14.5. The van der Waals surface area contributed by atoms with Crippen molar-refractivity contribution in [1.82, 2.24) is 10.6 Å². The van der Waals surface area contributed by atoms with E-state index in [2.05, 4.69) is 15.6 Å². The lowest BCUT2D eigenvalue weighted by atomic mass is 10.2. The molecule has 2 rings (SSSR count). The fraction of sp³-hybridized carbons (Fsp3) is 0.316. The van der Waals surface area contributed by atoms with Crippen molar-refractivity contribution in [3.63, 3.8) is 0 Å². The van der Waals surface area contributed by atoms with E-state index >= 15 is 0 Å². The predicted octanol–water partition coefficient (Wildman–Crippen LogP) is 3.05.